The molecule has 128 valence electrons. The standard InChI is InChI=1S/C16H17Cl2N3O2S/c17-10-6-7-12(13(18)8-10)15-20-21-16(23-15)24-9-14(22)19-11-4-2-1-3-5-11/h6-8,11H,1-5,9H2,(H,19,22). The van der Waals surface area contributed by atoms with E-state index in [1.54, 1.807) is 18.2 Å². The lowest BCUT2D eigenvalue weighted by Crippen LogP contribution is -2.37. The van der Waals surface area contributed by atoms with Gasteiger partial charge in [-0.05, 0) is 31.0 Å². The van der Waals surface area contributed by atoms with Crippen LogP contribution < -0.4 is 5.32 Å². The first-order valence-electron chi connectivity index (χ1n) is 7.83. The van der Waals surface area contributed by atoms with Crippen molar-refractivity contribution in [3.8, 4) is 11.5 Å². The highest BCUT2D eigenvalue weighted by Gasteiger charge is 2.17. The quantitative estimate of drug-likeness (QED) is 0.762. The van der Waals surface area contributed by atoms with Gasteiger partial charge in [-0.2, -0.15) is 0 Å². The highest BCUT2D eigenvalue weighted by molar-refractivity contribution is 7.99. The topological polar surface area (TPSA) is 68.0 Å². The number of aromatic nitrogens is 2. The molecule has 0 radical (unpaired) electrons. The van der Waals surface area contributed by atoms with Gasteiger partial charge in [-0.15, -0.1) is 10.2 Å². The Hall–Kier alpha value is -1.24. The monoisotopic (exact) mass is 385 g/mol. The van der Waals surface area contributed by atoms with Gasteiger partial charge in [0.1, 0.15) is 0 Å². The Morgan fingerprint density at radius 2 is 2.04 bits per heavy atom. The van der Waals surface area contributed by atoms with Crippen LogP contribution in [0.2, 0.25) is 10.0 Å². The molecule has 0 saturated heterocycles. The van der Waals surface area contributed by atoms with E-state index < -0.39 is 0 Å². The van der Waals surface area contributed by atoms with E-state index in [4.69, 9.17) is 27.6 Å². The van der Waals surface area contributed by atoms with Crippen LogP contribution in [0.3, 0.4) is 0 Å². The van der Waals surface area contributed by atoms with Gasteiger partial charge in [0.2, 0.25) is 11.8 Å². The van der Waals surface area contributed by atoms with Crippen molar-refractivity contribution in [3.63, 3.8) is 0 Å². The second kappa shape index (κ2) is 8.23. The van der Waals surface area contributed by atoms with E-state index in [1.165, 1.54) is 31.0 Å². The fourth-order valence-electron chi connectivity index (χ4n) is 2.68. The van der Waals surface area contributed by atoms with Gasteiger partial charge in [-0.3, -0.25) is 4.79 Å². The number of nitrogens with zero attached hydrogens (tertiary/aromatic N) is 2. The van der Waals surface area contributed by atoms with Crippen LogP contribution in [0.4, 0.5) is 0 Å². The molecule has 0 bridgehead atoms. The van der Waals surface area contributed by atoms with Crippen molar-refractivity contribution in [1.82, 2.24) is 15.5 Å². The van der Waals surface area contributed by atoms with Crippen LogP contribution in [-0.4, -0.2) is 27.9 Å². The van der Waals surface area contributed by atoms with Crippen molar-refractivity contribution in [3.05, 3.63) is 28.2 Å². The number of benzene rings is 1. The van der Waals surface area contributed by atoms with Crippen molar-refractivity contribution in [2.75, 3.05) is 5.75 Å². The van der Waals surface area contributed by atoms with E-state index >= 15 is 0 Å². The molecule has 1 aliphatic rings. The van der Waals surface area contributed by atoms with Gasteiger partial charge in [0.25, 0.3) is 5.22 Å². The molecule has 3 rings (SSSR count). The SMILES string of the molecule is O=C(CSc1nnc(-c2ccc(Cl)cc2Cl)o1)NC1CCCCC1. The molecule has 5 nitrogen and oxygen atoms in total. The predicted octanol–water partition coefficient (Wildman–Crippen LogP) is 4.58. The second-order valence-corrected chi connectivity index (χ2v) is 7.46. The third kappa shape index (κ3) is 4.65. The molecule has 1 N–H and O–H groups in total. The Balaban J connectivity index is 1.55. The molecule has 1 saturated carbocycles. The van der Waals surface area contributed by atoms with Gasteiger partial charge in [-0.1, -0.05) is 54.2 Å². The maximum atomic E-state index is 12.0. The van der Waals surface area contributed by atoms with Gasteiger partial charge < -0.3 is 9.73 Å². The Morgan fingerprint density at radius 1 is 1.25 bits per heavy atom. The molecule has 0 atom stereocenters. The third-order valence-corrected chi connectivity index (χ3v) is 5.23. The normalized spacial score (nSPS) is 15.4. The molecule has 24 heavy (non-hydrogen) atoms. The molecule has 1 heterocycles. The zero-order valence-electron chi connectivity index (χ0n) is 12.9. The number of carbonyl (C=O) groups excluding carboxylic acids is 1. The summed E-state index contributed by atoms with van der Waals surface area (Å²) in [5.41, 5.74) is 0.618. The number of hydrogen-bond acceptors (Lipinski definition) is 5. The number of amides is 1. The van der Waals surface area contributed by atoms with Crippen molar-refractivity contribution in [1.29, 1.82) is 0 Å². The van der Waals surface area contributed by atoms with Crippen LogP contribution in [0, 0.1) is 0 Å². The summed E-state index contributed by atoms with van der Waals surface area (Å²) in [6.45, 7) is 0. The Labute approximate surface area is 154 Å². The number of nitrogens with one attached hydrogen (secondary N) is 1. The lowest BCUT2D eigenvalue weighted by Gasteiger charge is -2.22. The van der Waals surface area contributed by atoms with E-state index in [1.807, 2.05) is 0 Å². The van der Waals surface area contributed by atoms with Crippen LogP contribution >= 0.6 is 35.0 Å². The molecule has 1 fully saturated rings. The lowest BCUT2D eigenvalue weighted by molar-refractivity contribution is -0.119. The maximum Gasteiger partial charge on any atom is 0.277 e. The summed E-state index contributed by atoms with van der Waals surface area (Å²) in [5, 5.41) is 12.3. The zero-order valence-corrected chi connectivity index (χ0v) is 15.3. The third-order valence-electron chi connectivity index (χ3n) is 3.87. The average Bonchev–Trinajstić information content (AvgIpc) is 3.02. The van der Waals surface area contributed by atoms with E-state index in [0.717, 1.165) is 12.8 Å². The number of halogens is 2. The smallest absolute Gasteiger partial charge is 0.277 e. The van der Waals surface area contributed by atoms with Crippen LogP contribution in [0.1, 0.15) is 32.1 Å². The first-order chi connectivity index (χ1) is 11.6. The van der Waals surface area contributed by atoms with Gasteiger partial charge in [0.15, 0.2) is 0 Å². The summed E-state index contributed by atoms with van der Waals surface area (Å²) in [4.78, 5) is 12.0. The van der Waals surface area contributed by atoms with Crippen LogP contribution in [0.5, 0.6) is 0 Å². The number of rotatable bonds is 5. The largest absolute Gasteiger partial charge is 0.411 e. The molecular formula is C16H17Cl2N3O2S. The van der Waals surface area contributed by atoms with Crippen molar-refractivity contribution in [2.45, 2.75) is 43.4 Å². The lowest BCUT2D eigenvalue weighted by atomic mass is 9.95. The van der Waals surface area contributed by atoms with E-state index in [0.29, 0.717) is 32.8 Å². The molecule has 0 aliphatic heterocycles. The number of hydrogen-bond donors (Lipinski definition) is 1. The van der Waals surface area contributed by atoms with Crippen molar-refractivity contribution in [2.24, 2.45) is 0 Å². The van der Waals surface area contributed by atoms with E-state index in [-0.39, 0.29) is 11.7 Å². The summed E-state index contributed by atoms with van der Waals surface area (Å²) in [6.07, 6.45) is 5.77. The second-order valence-electron chi connectivity index (χ2n) is 5.69. The number of thioether (sulfide) groups is 1. The Bertz CT molecular complexity index is 717. The van der Waals surface area contributed by atoms with Gasteiger partial charge in [0, 0.05) is 11.1 Å². The molecule has 1 aromatic carbocycles. The van der Waals surface area contributed by atoms with Crippen molar-refractivity contribution >= 4 is 40.9 Å². The van der Waals surface area contributed by atoms with Crippen molar-refractivity contribution < 1.29 is 9.21 Å². The summed E-state index contributed by atoms with van der Waals surface area (Å²) in [6, 6.07) is 5.35. The highest BCUT2D eigenvalue weighted by atomic mass is 35.5. The first kappa shape index (κ1) is 17.6. The van der Waals surface area contributed by atoms with E-state index in [2.05, 4.69) is 15.5 Å². The summed E-state index contributed by atoms with van der Waals surface area (Å²) in [7, 11) is 0. The Morgan fingerprint density at radius 3 is 2.79 bits per heavy atom. The summed E-state index contributed by atoms with van der Waals surface area (Å²) < 4.78 is 5.56. The maximum absolute atomic E-state index is 12.0. The fourth-order valence-corrected chi connectivity index (χ4v) is 3.75. The zero-order chi connectivity index (χ0) is 16.9. The molecular weight excluding hydrogens is 369 g/mol. The minimum Gasteiger partial charge on any atom is -0.411 e. The summed E-state index contributed by atoms with van der Waals surface area (Å²) >= 11 is 13.2. The molecule has 1 aliphatic carbocycles. The summed E-state index contributed by atoms with van der Waals surface area (Å²) in [5.74, 6) is 0.565. The van der Waals surface area contributed by atoms with Crippen LogP contribution in [-0.2, 0) is 4.79 Å². The van der Waals surface area contributed by atoms with Gasteiger partial charge in [0.05, 0.1) is 16.3 Å². The molecule has 0 spiro atoms. The molecule has 8 heteroatoms. The van der Waals surface area contributed by atoms with Gasteiger partial charge >= 0.3 is 0 Å². The van der Waals surface area contributed by atoms with E-state index in [9.17, 15) is 4.79 Å². The molecule has 1 aromatic heterocycles. The Kier molecular flexibility index (Phi) is 6.03. The highest BCUT2D eigenvalue weighted by Crippen LogP contribution is 2.31. The predicted molar refractivity (Wildman–Crippen MR) is 95.5 cm³/mol. The molecule has 0 unspecified atom stereocenters. The first-order valence-corrected chi connectivity index (χ1v) is 9.57. The van der Waals surface area contributed by atoms with Crippen LogP contribution in [0.15, 0.2) is 27.8 Å². The average molecular weight is 386 g/mol. The molecule has 1 amide bonds. The minimum absolute atomic E-state index is 0.00354. The fraction of sp³-hybridized carbons (Fsp3) is 0.438. The van der Waals surface area contributed by atoms with Crippen LogP contribution in [0.25, 0.3) is 11.5 Å². The number of carbonyl (C=O) groups is 1. The van der Waals surface area contributed by atoms with Gasteiger partial charge in [-0.25, -0.2) is 0 Å². The minimum atomic E-state index is -0.00354. The molecule has 2 aromatic rings.